The van der Waals surface area contributed by atoms with E-state index in [9.17, 15) is 14.7 Å². The molecule has 0 fully saturated rings. The zero-order valence-corrected chi connectivity index (χ0v) is 17.3. The standard InChI is InChI=1S/C24H28O4/c1-7-16-11-12-23(5)21(26)14(3)15(4)22(27)24(23,6)20(16)17-9-10-18(25)19(13-17)28-8-2/h7,9-11,13,20,25H,1,8,12H2,2-6H3. The van der Waals surface area contributed by atoms with Gasteiger partial charge in [0.2, 0.25) is 0 Å². The molecule has 0 spiro atoms. The molecule has 0 amide bonds. The van der Waals surface area contributed by atoms with Gasteiger partial charge in [-0.15, -0.1) is 0 Å². The summed E-state index contributed by atoms with van der Waals surface area (Å²) in [5, 5.41) is 10.1. The van der Waals surface area contributed by atoms with Crippen molar-refractivity contribution in [3.05, 3.63) is 59.2 Å². The van der Waals surface area contributed by atoms with Crippen LogP contribution in [0.15, 0.2) is 53.6 Å². The summed E-state index contributed by atoms with van der Waals surface area (Å²) in [6, 6.07) is 5.16. The molecule has 4 heteroatoms. The van der Waals surface area contributed by atoms with Crippen LogP contribution in [0.2, 0.25) is 0 Å². The topological polar surface area (TPSA) is 63.6 Å². The SMILES string of the molecule is C=CC1=CCC2(C)C(=O)C(C)=C(C)C(=O)C2(C)C1c1ccc(O)c(OCC)c1. The smallest absolute Gasteiger partial charge is 0.166 e. The number of phenols is 1. The monoisotopic (exact) mass is 380 g/mol. The molecule has 28 heavy (non-hydrogen) atoms. The largest absolute Gasteiger partial charge is 0.504 e. The lowest BCUT2D eigenvalue weighted by molar-refractivity contribution is -0.147. The van der Waals surface area contributed by atoms with E-state index in [1.165, 1.54) is 0 Å². The van der Waals surface area contributed by atoms with Crippen LogP contribution in [0.1, 0.15) is 52.5 Å². The molecule has 0 aliphatic heterocycles. The van der Waals surface area contributed by atoms with Gasteiger partial charge in [0.05, 0.1) is 12.0 Å². The van der Waals surface area contributed by atoms with Gasteiger partial charge in [0, 0.05) is 11.3 Å². The zero-order valence-electron chi connectivity index (χ0n) is 17.3. The van der Waals surface area contributed by atoms with E-state index in [4.69, 9.17) is 4.74 Å². The number of ketones is 2. The Morgan fingerprint density at radius 3 is 2.46 bits per heavy atom. The molecule has 0 aromatic heterocycles. The lowest BCUT2D eigenvalue weighted by atomic mass is 9.45. The molecule has 3 unspecified atom stereocenters. The van der Waals surface area contributed by atoms with Gasteiger partial charge >= 0.3 is 0 Å². The number of hydrogen-bond acceptors (Lipinski definition) is 4. The molecule has 4 nitrogen and oxygen atoms in total. The van der Waals surface area contributed by atoms with Crippen LogP contribution in [0.4, 0.5) is 0 Å². The summed E-state index contributed by atoms with van der Waals surface area (Å²) >= 11 is 0. The highest BCUT2D eigenvalue weighted by molar-refractivity contribution is 6.17. The van der Waals surface area contributed by atoms with Gasteiger partial charge in [0.15, 0.2) is 23.1 Å². The Morgan fingerprint density at radius 1 is 1.21 bits per heavy atom. The summed E-state index contributed by atoms with van der Waals surface area (Å²) < 4.78 is 5.56. The highest BCUT2D eigenvalue weighted by atomic mass is 16.5. The minimum atomic E-state index is -0.952. The van der Waals surface area contributed by atoms with Crippen molar-refractivity contribution in [1.29, 1.82) is 0 Å². The van der Waals surface area contributed by atoms with Gasteiger partial charge in [-0.2, -0.15) is 0 Å². The van der Waals surface area contributed by atoms with Crippen LogP contribution in [0.5, 0.6) is 11.5 Å². The van der Waals surface area contributed by atoms with Crippen LogP contribution in [-0.4, -0.2) is 23.3 Å². The van der Waals surface area contributed by atoms with Gasteiger partial charge < -0.3 is 9.84 Å². The Labute approximate surface area is 166 Å². The number of aromatic hydroxyl groups is 1. The fourth-order valence-electron chi connectivity index (χ4n) is 4.87. The Morgan fingerprint density at radius 2 is 1.86 bits per heavy atom. The molecule has 1 aromatic carbocycles. The molecule has 2 aliphatic rings. The van der Waals surface area contributed by atoms with E-state index in [1.54, 1.807) is 38.1 Å². The summed E-state index contributed by atoms with van der Waals surface area (Å²) in [7, 11) is 0. The second-order valence-electron chi connectivity index (χ2n) is 8.15. The maximum atomic E-state index is 13.6. The molecule has 1 N–H and O–H groups in total. The third-order valence-corrected chi connectivity index (χ3v) is 6.87. The molecule has 0 heterocycles. The number of ether oxygens (including phenoxy) is 1. The minimum Gasteiger partial charge on any atom is -0.504 e. The van der Waals surface area contributed by atoms with Crippen LogP contribution in [0.25, 0.3) is 0 Å². The molecular formula is C24H28O4. The lowest BCUT2D eigenvalue weighted by Crippen LogP contribution is -2.57. The van der Waals surface area contributed by atoms with Gasteiger partial charge in [-0.25, -0.2) is 0 Å². The summed E-state index contributed by atoms with van der Waals surface area (Å²) in [6.45, 7) is 13.5. The quantitative estimate of drug-likeness (QED) is 0.808. The van der Waals surface area contributed by atoms with Gasteiger partial charge in [-0.3, -0.25) is 9.59 Å². The number of benzene rings is 1. The van der Waals surface area contributed by atoms with Gasteiger partial charge in [-0.05, 0) is 61.6 Å². The summed E-state index contributed by atoms with van der Waals surface area (Å²) in [6.07, 6.45) is 4.28. The van der Waals surface area contributed by atoms with Crippen LogP contribution in [0, 0.1) is 10.8 Å². The molecule has 0 radical (unpaired) electrons. The van der Waals surface area contributed by atoms with Gasteiger partial charge in [0.1, 0.15) is 0 Å². The van der Waals surface area contributed by atoms with Gasteiger partial charge in [-0.1, -0.05) is 38.6 Å². The van der Waals surface area contributed by atoms with E-state index in [1.807, 2.05) is 26.8 Å². The zero-order chi connectivity index (χ0) is 20.9. The van der Waals surface area contributed by atoms with Gasteiger partial charge in [0.25, 0.3) is 0 Å². The predicted octanol–water partition coefficient (Wildman–Crippen LogP) is 4.89. The number of carbonyl (C=O) groups excluding carboxylic acids is 2. The number of rotatable bonds is 4. The second kappa shape index (κ2) is 6.77. The number of phenolic OH excluding ortho intramolecular Hbond substituents is 1. The Balaban J connectivity index is 2.30. The van der Waals surface area contributed by atoms with Crippen LogP contribution in [0.3, 0.4) is 0 Å². The Hall–Kier alpha value is -2.62. The number of Topliss-reactive ketones (excluding diaryl/α,β-unsaturated/α-hetero) is 2. The van der Waals surface area contributed by atoms with E-state index < -0.39 is 10.8 Å². The molecule has 0 saturated heterocycles. The molecule has 2 aliphatic carbocycles. The Kier molecular flexibility index (Phi) is 4.86. The first-order valence-corrected chi connectivity index (χ1v) is 9.68. The summed E-state index contributed by atoms with van der Waals surface area (Å²) in [5.74, 6) is 0.0904. The third kappa shape index (κ3) is 2.50. The fraction of sp³-hybridized carbons (Fsp3) is 0.417. The van der Waals surface area contributed by atoms with E-state index in [-0.39, 0.29) is 23.2 Å². The first kappa shape index (κ1) is 20.1. The predicted molar refractivity (Wildman–Crippen MR) is 110 cm³/mol. The van der Waals surface area contributed by atoms with Crippen molar-refractivity contribution in [2.45, 2.75) is 47.0 Å². The van der Waals surface area contributed by atoms with E-state index in [0.717, 1.165) is 11.1 Å². The highest BCUT2D eigenvalue weighted by Crippen LogP contribution is 2.62. The molecule has 3 rings (SSSR count). The maximum absolute atomic E-state index is 13.6. The van der Waals surface area contributed by atoms with Crippen molar-refractivity contribution >= 4 is 11.6 Å². The Bertz CT molecular complexity index is 936. The third-order valence-electron chi connectivity index (χ3n) is 6.87. The molecule has 0 saturated carbocycles. The van der Waals surface area contributed by atoms with Crippen molar-refractivity contribution < 1.29 is 19.4 Å². The molecule has 1 aromatic rings. The molecular weight excluding hydrogens is 352 g/mol. The van der Waals surface area contributed by atoms with E-state index in [2.05, 4.69) is 6.58 Å². The highest BCUT2D eigenvalue weighted by Gasteiger charge is 2.63. The van der Waals surface area contributed by atoms with Crippen molar-refractivity contribution in [1.82, 2.24) is 0 Å². The summed E-state index contributed by atoms with van der Waals surface area (Å²) in [5.41, 5.74) is 1.04. The fourth-order valence-corrected chi connectivity index (χ4v) is 4.87. The second-order valence-corrected chi connectivity index (χ2v) is 8.15. The van der Waals surface area contributed by atoms with Crippen molar-refractivity contribution in [3.63, 3.8) is 0 Å². The van der Waals surface area contributed by atoms with E-state index in [0.29, 0.717) is 29.9 Å². The molecule has 0 bridgehead atoms. The first-order chi connectivity index (χ1) is 13.1. The minimum absolute atomic E-state index is 0.00409. The number of hydrogen-bond donors (Lipinski definition) is 1. The number of fused-ring (bicyclic) bond motifs is 1. The molecule has 148 valence electrons. The summed E-state index contributed by atoms with van der Waals surface area (Å²) in [4.78, 5) is 26.9. The number of carbonyl (C=O) groups is 2. The normalized spacial score (nSPS) is 30.0. The molecule has 3 atom stereocenters. The number of allylic oxidation sites excluding steroid dienone is 5. The van der Waals surface area contributed by atoms with Crippen LogP contribution < -0.4 is 4.74 Å². The average Bonchev–Trinajstić information content (AvgIpc) is 2.68. The van der Waals surface area contributed by atoms with Crippen molar-refractivity contribution in [2.75, 3.05) is 6.61 Å². The lowest BCUT2D eigenvalue weighted by Gasteiger charge is -2.54. The van der Waals surface area contributed by atoms with Crippen LogP contribution in [-0.2, 0) is 9.59 Å². The average molecular weight is 380 g/mol. The maximum Gasteiger partial charge on any atom is 0.166 e. The van der Waals surface area contributed by atoms with E-state index >= 15 is 0 Å². The first-order valence-electron chi connectivity index (χ1n) is 9.68. The van der Waals surface area contributed by atoms with Crippen molar-refractivity contribution in [3.8, 4) is 11.5 Å². The van der Waals surface area contributed by atoms with Crippen LogP contribution >= 0.6 is 0 Å². The van der Waals surface area contributed by atoms with Crippen molar-refractivity contribution in [2.24, 2.45) is 10.8 Å².